The summed E-state index contributed by atoms with van der Waals surface area (Å²) < 4.78 is 0. The summed E-state index contributed by atoms with van der Waals surface area (Å²) in [6.07, 6.45) is 9.34. The molecule has 1 amide bonds. The van der Waals surface area contributed by atoms with Crippen LogP contribution in [0.2, 0.25) is 0 Å². The van der Waals surface area contributed by atoms with Gasteiger partial charge in [-0.1, -0.05) is 12.2 Å². The largest absolute Gasteiger partial charge is 0.317 e. The molecule has 1 aliphatic carbocycles. The fourth-order valence-electron chi connectivity index (χ4n) is 2.96. The highest BCUT2D eigenvalue weighted by Gasteiger charge is 2.45. The van der Waals surface area contributed by atoms with Gasteiger partial charge in [0.05, 0.1) is 0 Å². The summed E-state index contributed by atoms with van der Waals surface area (Å²) in [6, 6.07) is 0. The maximum atomic E-state index is 12.1. The predicted octanol–water partition coefficient (Wildman–Crippen LogP) is 0.993. The SMILES string of the molecule is O=C1NC([C@H]2CC=CCC2)=NC12CCNCC2. The van der Waals surface area contributed by atoms with Gasteiger partial charge < -0.3 is 10.6 Å². The number of rotatable bonds is 1. The molecular formula is C13H19N3O. The molecule has 4 nitrogen and oxygen atoms in total. The molecule has 92 valence electrons. The number of nitrogens with one attached hydrogen (secondary N) is 2. The predicted molar refractivity (Wildman–Crippen MR) is 66.9 cm³/mol. The molecule has 2 heterocycles. The molecule has 1 atom stereocenters. The van der Waals surface area contributed by atoms with Crippen LogP contribution in [-0.4, -0.2) is 30.4 Å². The van der Waals surface area contributed by atoms with Crippen LogP contribution in [0.15, 0.2) is 17.1 Å². The Bertz CT molecular complexity index is 380. The second kappa shape index (κ2) is 4.26. The Labute approximate surface area is 102 Å². The second-order valence-electron chi connectivity index (χ2n) is 5.21. The first-order chi connectivity index (χ1) is 8.30. The number of hydrogen-bond donors (Lipinski definition) is 2. The Balaban J connectivity index is 1.80. The van der Waals surface area contributed by atoms with E-state index in [1.165, 1.54) is 0 Å². The zero-order chi connectivity index (χ0) is 11.7. The molecule has 1 spiro atoms. The van der Waals surface area contributed by atoms with Gasteiger partial charge in [-0.15, -0.1) is 0 Å². The van der Waals surface area contributed by atoms with Crippen LogP contribution in [0.1, 0.15) is 32.1 Å². The molecular weight excluding hydrogens is 214 g/mol. The lowest BCUT2D eigenvalue weighted by molar-refractivity contribution is -0.124. The summed E-state index contributed by atoms with van der Waals surface area (Å²) in [7, 11) is 0. The zero-order valence-corrected chi connectivity index (χ0v) is 10.0. The average Bonchev–Trinajstić information content (AvgIpc) is 2.69. The van der Waals surface area contributed by atoms with Crippen LogP contribution in [0.5, 0.6) is 0 Å². The normalized spacial score (nSPS) is 31.4. The van der Waals surface area contributed by atoms with Crippen molar-refractivity contribution in [1.82, 2.24) is 10.6 Å². The van der Waals surface area contributed by atoms with E-state index in [1.807, 2.05) is 0 Å². The highest BCUT2D eigenvalue weighted by Crippen LogP contribution is 2.30. The molecule has 3 rings (SSSR count). The van der Waals surface area contributed by atoms with E-state index in [-0.39, 0.29) is 5.91 Å². The lowest BCUT2D eigenvalue weighted by Crippen LogP contribution is -2.47. The molecule has 2 N–H and O–H groups in total. The quantitative estimate of drug-likeness (QED) is 0.664. The van der Waals surface area contributed by atoms with Crippen LogP contribution in [0.4, 0.5) is 0 Å². The molecule has 0 radical (unpaired) electrons. The number of amides is 1. The van der Waals surface area contributed by atoms with E-state index in [0.717, 1.165) is 51.0 Å². The number of carbonyl (C=O) groups excluding carboxylic acids is 1. The summed E-state index contributed by atoms with van der Waals surface area (Å²) in [5.74, 6) is 1.50. The summed E-state index contributed by atoms with van der Waals surface area (Å²) in [4.78, 5) is 16.9. The number of nitrogens with zero attached hydrogens (tertiary/aromatic N) is 1. The van der Waals surface area contributed by atoms with Crippen LogP contribution in [0.3, 0.4) is 0 Å². The number of hydrogen-bond acceptors (Lipinski definition) is 3. The van der Waals surface area contributed by atoms with Crippen molar-refractivity contribution in [3.05, 3.63) is 12.2 Å². The molecule has 0 aromatic carbocycles. The van der Waals surface area contributed by atoms with Crippen LogP contribution >= 0.6 is 0 Å². The number of carbonyl (C=O) groups is 1. The molecule has 1 fully saturated rings. The second-order valence-corrected chi connectivity index (χ2v) is 5.21. The fourth-order valence-corrected chi connectivity index (χ4v) is 2.96. The summed E-state index contributed by atoms with van der Waals surface area (Å²) in [5.41, 5.74) is -0.443. The minimum absolute atomic E-state index is 0.128. The van der Waals surface area contributed by atoms with Gasteiger partial charge in [-0.3, -0.25) is 9.79 Å². The number of amidine groups is 1. The van der Waals surface area contributed by atoms with Crippen molar-refractivity contribution in [2.24, 2.45) is 10.9 Å². The van der Waals surface area contributed by atoms with E-state index < -0.39 is 5.54 Å². The highest BCUT2D eigenvalue weighted by molar-refractivity contribution is 6.09. The maximum Gasteiger partial charge on any atom is 0.253 e. The lowest BCUT2D eigenvalue weighted by atomic mass is 9.89. The van der Waals surface area contributed by atoms with E-state index in [1.54, 1.807) is 0 Å². The summed E-state index contributed by atoms with van der Waals surface area (Å²) in [5, 5.41) is 6.32. The van der Waals surface area contributed by atoms with Crippen molar-refractivity contribution in [1.29, 1.82) is 0 Å². The lowest BCUT2D eigenvalue weighted by Gasteiger charge is -2.28. The third kappa shape index (κ3) is 1.90. The number of piperidine rings is 1. The third-order valence-corrected chi connectivity index (χ3v) is 4.09. The standard InChI is InChI=1S/C13H19N3O/c17-12-13(6-8-14-9-7-13)16-11(15-12)10-4-2-1-3-5-10/h1-2,10,14H,3-9H2,(H,15,16,17)/t10-/m0/s1. The van der Waals surface area contributed by atoms with Crippen LogP contribution in [0, 0.1) is 5.92 Å². The minimum atomic E-state index is -0.443. The van der Waals surface area contributed by atoms with Crippen LogP contribution in [0.25, 0.3) is 0 Å². The van der Waals surface area contributed by atoms with E-state index in [0.29, 0.717) is 5.92 Å². The first-order valence-electron chi connectivity index (χ1n) is 6.57. The van der Waals surface area contributed by atoms with Gasteiger partial charge in [0.25, 0.3) is 5.91 Å². The Kier molecular flexibility index (Phi) is 2.74. The van der Waals surface area contributed by atoms with Crippen molar-refractivity contribution >= 4 is 11.7 Å². The third-order valence-electron chi connectivity index (χ3n) is 4.09. The van der Waals surface area contributed by atoms with E-state index in [2.05, 4.69) is 22.8 Å². The minimum Gasteiger partial charge on any atom is -0.317 e. The van der Waals surface area contributed by atoms with Gasteiger partial charge in [0, 0.05) is 5.92 Å². The molecule has 0 aromatic rings. The van der Waals surface area contributed by atoms with Crippen molar-refractivity contribution in [2.75, 3.05) is 13.1 Å². The van der Waals surface area contributed by atoms with Crippen molar-refractivity contribution in [2.45, 2.75) is 37.6 Å². The van der Waals surface area contributed by atoms with Crippen molar-refractivity contribution < 1.29 is 4.79 Å². The average molecular weight is 233 g/mol. The highest BCUT2D eigenvalue weighted by atomic mass is 16.2. The van der Waals surface area contributed by atoms with Crippen molar-refractivity contribution in [3.63, 3.8) is 0 Å². The Morgan fingerprint density at radius 1 is 1.29 bits per heavy atom. The molecule has 17 heavy (non-hydrogen) atoms. The molecule has 2 aliphatic heterocycles. The molecule has 0 bridgehead atoms. The van der Waals surface area contributed by atoms with Gasteiger partial charge in [-0.05, 0) is 45.2 Å². The number of aliphatic imine (C=N–C) groups is 1. The van der Waals surface area contributed by atoms with E-state index in [9.17, 15) is 4.79 Å². The van der Waals surface area contributed by atoms with Crippen LogP contribution < -0.4 is 10.6 Å². The van der Waals surface area contributed by atoms with Gasteiger partial charge in [0.1, 0.15) is 11.4 Å². The molecule has 3 aliphatic rings. The molecule has 4 heteroatoms. The van der Waals surface area contributed by atoms with Crippen LogP contribution in [-0.2, 0) is 4.79 Å². The first-order valence-corrected chi connectivity index (χ1v) is 6.57. The zero-order valence-electron chi connectivity index (χ0n) is 10.0. The monoisotopic (exact) mass is 233 g/mol. The Morgan fingerprint density at radius 2 is 2.12 bits per heavy atom. The van der Waals surface area contributed by atoms with Gasteiger partial charge >= 0.3 is 0 Å². The Morgan fingerprint density at radius 3 is 2.82 bits per heavy atom. The summed E-state index contributed by atoms with van der Waals surface area (Å²) in [6.45, 7) is 1.80. The molecule has 0 saturated carbocycles. The smallest absolute Gasteiger partial charge is 0.253 e. The van der Waals surface area contributed by atoms with Gasteiger partial charge in [-0.2, -0.15) is 0 Å². The fraction of sp³-hybridized carbons (Fsp3) is 0.692. The molecule has 0 aromatic heterocycles. The number of allylic oxidation sites excluding steroid dienone is 2. The van der Waals surface area contributed by atoms with E-state index in [4.69, 9.17) is 4.99 Å². The van der Waals surface area contributed by atoms with Gasteiger partial charge in [0.15, 0.2) is 0 Å². The van der Waals surface area contributed by atoms with Gasteiger partial charge in [-0.25, -0.2) is 0 Å². The topological polar surface area (TPSA) is 53.5 Å². The van der Waals surface area contributed by atoms with Gasteiger partial charge in [0.2, 0.25) is 0 Å². The van der Waals surface area contributed by atoms with Crippen molar-refractivity contribution in [3.8, 4) is 0 Å². The van der Waals surface area contributed by atoms with E-state index >= 15 is 0 Å². The molecule has 0 unspecified atom stereocenters. The Hall–Kier alpha value is -1.16. The summed E-state index contributed by atoms with van der Waals surface area (Å²) >= 11 is 0. The maximum absolute atomic E-state index is 12.1. The first kappa shape index (κ1) is 11.0. The molecule has 1 saturated heterocycles.